The molecular formula is C11H12N3OPS2. The van der Waals surface area contributed by atoms with Crippen LogP contribution in [0.1, 0.15) is 0 Å². The summed E-state index contributed by atoms with van der Waals surface area (Å²) in [6.07, 6.45) is 1.96. The number of amides is 1. The zero-order chi connectivity index (χ0) is 13.0. The highest BCUT2D eigenvalue weighted by molar-refractivity contribution is 8.56. The molecule has 1 heterocycles. The number of hydrogen-bond donors (Lipinski definition) is 3. The minimum absolute atomic E-state index is 0.118. The number of hydrogen-bond acceptors (Lipinski definition) is 3. The summed E-state index contributed by atoms with van der Waals surface area (Å²) < 4.78 is 0. The number of aromatic amines is 1. The van der Waals surface area contributed by atoms with Crippen LogP contribution in [0.15, 0.2) is 36.5 Å². The molecule has 0 radical (unpaired) electrons. The molecule has 0 aliphatic heterocycles. The summed E-state index contributed by atoms with van der Waals surface area (Å²) in [5.74, 6) is -1.40. The van der Waals surface area contributed by atoms with E-state index in [1.54, 1.807) is 6.20 Å². The van der Waals surface area contributed by atoms with E-state index in [9.17, 15) is 4.79 Å². The van der Waals surface area contributed by atoms with Gasteiger partial charge in [-0.25, -0.2) is 0 Å². The number of nitrogens with one attached hydrogen (secondary N) is 2. The molecule has 94 valence electrons. The van der Waals surface area contributed by atoms with Gasteiger partial charge >= 0.3 is 0 Å². The van der Waals surface area contributed by atoms with Gasteiger partial charge in [0.2, 0.25) is 5.91 Å². The van der Waals surface area contributed by atoms with Crippen molar-refractivity contribution in [2.45, 2.75) is 0 Å². The Bertz CT molecular complexity index is 571. The fourth-order valence-electron chi connectivity index (χ4n) is 1.53. The minimum Gasteiger partial charge on any atom is -0.323 e. The third kappa shape index (κ3) is 3.45. The molecule has 18 heavy (non-hydrogen) atoms. The number of rotatable bonds is 4. The molecule has 1 atom stereocenters. The highest BCUT2D eigenvalue weighted by atomic mass is 32.9. The molecule has 0 aliphatic carbocycles. The second kappa shape index (κ2) is 6.18. The van der Waals surface area contributed by atoms with Crippen molar-refractivity contribution in [1.82, 2.24) is 10.2 Å². The maximum Gasteiger partial charge on any atom is 0.230 e. The summed E-state index contributed by atoms with van der Waals surface area (Å²) in [5, 5.41) is 9.69. The first-order chi connectivity index (χ1) is 8.66. The van der Waals surface area contributed by atoms with Gasteiger partial charge in [-0.1, -0.05) is 42.1 Å². The maximum atomic E-state index is 11.7. The number of nitrogens with zero attached hydrogens (tertiary/aromatic N) is 1. The Labute approximate surface area is 116 Å². The van der Waals surface area contributed by atoms with Crippen LogP contribution in [-0.4, -0.2) is 22.3 Å². The second-order valence-corrected chi connectivity index (χ2v) is 8.78. The molecule has 0 bridgehead atoms. The number of H-pyrrole nitrogens is 1. The van der Waals surface area contributed by atoms with E-state index in [0.717, 1.165) is 11.3 Å². The summed E-state index contributed by atoms with van der Waals surface area (Å²) in [4.78, 5) is 11.7. The standard InChI is InChI=1S/C11H12N3OPS2/c15-10(7-16(17)18)13-9-6-12-14-11(9)8-4-2-1-3-5-8/h1-6,16H,7H2,(H,12,14)(H,13,15)(H,17,18). The second-order valence-electron chi connectivity index (χ2n) is 3.63. The van der Waals surface area contributed by atoms with Gasteiger partial charge in [-0.15, -0.1) is 12.2 Å². The molecule has 2 N–H and O–H groups in total. The Morgan fingerprint density at radius 1 is 1.44 bits per heavy atom. The summed E-state index contributed by atoms with van der Waals surface area (Å²) in [5.41, 5.74) is 2.34. The van der Waals surface area contributed by atoms with Gasteiger partial charge in [0.1, 0.15) is 5.69 Å². The van der Waals surface area contributed by atoms with Crippen molar-refractivity contribution in [3.05, 3.63) is 36.5 Å². The van der Waals surface area contributed by atoms with Crippen LogP contribution >= 0.6 is 18.1 Å². The average Bonchev–Trinajstić information content (AvgIpc) is 2.77. The highest BCUT2D eigenvalue weighted by Crippen LogP contribution is 2.28. The predicted molar refractivity (Wildman–Crippen MR) is 82.2 cm³/mol. The third-order valence-electron chi connectivity index (χ3n) is 2.27. The van der Waals surface area contributed by atoms with E-state index in [2.05, 4.69) is 27.8 Å². The Kier molecular flexibility index (Phi) is 4.58. The first-order valence-corrected chi connectivity index (χ1v) is 9.40. The predicted octanol–water partition coefficient (Wildman–Crippen LogP) is 2.54. The van der Waals surface area contributed by atoms with Gasteiger partial charge in [-0.2, -0.15) is 5.10 Å². The molecule has 0 saturated carbocycles. The van der Waals surface area contributed by atoms with E-state index >= 15 is 0 Å². The first-order valence-electron chi connectivity index (χ1n) is 5.27. The zero-order valence-corrected chi connectivity index (χ0v) is 12.1. The topological polar surface area (TPSA) is 57.8 Å². The maximum absolute atomic E-state index is 11.7. The summed E-state index contributed by atoms with van der Waals surface area (Å²) in [6.45, 7) is 0. The van der Waals surface area contributed by atoms with Gasteiger partial charge in [0, 0.05) is 17.7 Å². The Morgan fingerprint density at radius 3 is 2.83 bits per heavy atom. The van der Waals surface area contributed by atoms with Crippen LogP contribution in [-0.2, 0) is 16.6 Å². The van der Waals surface area contributed by atoms with Crippen LogP contribution in [0.2, 0.25) is 0 Å². The van der Waals surface area contributed by atoms with Gasteiger partial charge in [0.15, 0.2) is 0 Å². The van der Waals surface area contributed by atoms with Crippen LogP contribution < -0.4 is 5.32 Å². The van der Waals surface area contributed by atoms with Gasteiger partial charge in [-0.3, -0.25) is 9.89 Å². The lowest BCUT2D eigenvalue weighted by Crippen LogP contribution is -2.13. The number of anilines is 1. The first kappa shape index (κ1) is 13.3. The third-order valence-corrected chi connectivity index (χ3v) is 3.80. The molecule has 1 aromatic carbocycles. The largest absolute Gasteiger partial charge is 0.323 e. The normalized spacial score (nSPS) is 12.1. The summed E-state index contributed by atoms with van der Waals surface area (Å²) >= 11 is 9.08. The molecule has 0 aliphatic rings. The lowest BCUT2D eigenvalue weighted by Gasteiger charge is -2.04. The Balaban J connectivity index is 2.19. The minimum atomic E-state index is -1.28. The van der Waals surface area contributed by atoms with Crippen LogP contribution in [0.4, 0.5) is 5.69 Å². The van der Waals surface area contributed by atoms with Gasteiger partial charge in [-0.05, 0) is 0 Å². The average molecular weight is 297 g/mol. The molecule has 1 aromatic heterocycles. The lowest BCUT2D eigenvalue weighted by molar-refractivity contribution is -0.113. The van der Waals surface area contributed by atoms with Crippen LogP contribution in [0, 0.1) is 0 Å². The molecule has 0 spiro atoms. The van der Waals surface area contributed by atoms with E-state index in [1.807, 2.05) is 30.3 Å². The van der Waals surface area contributed by atoms with Crippen LogP contribution in [0.3, 0.4) is 0 Å². The monoisotopic (exact) mass is 297 g/mol. The molecular weight excluding hydrogens is 285 g/mol. The van der Waals surface area contributed by atoms with E-state index in [4.69, 9.17) is 11.8 Å². The molecule has 0 fully saturated rings. The number of aromatic nitrogens is 2. The smallest absolute Gasteiger partial charge is 0.230 e. The lowest BCUT2D eigenvalue weighted by atomic mass is 10.1. The molecule has 1 unspecified atom stereocenters. The number of thiol groups is 1. The summed E-state index contributed by atoms with van der Waals surface area (Å²) in [7, 11) is 0. The van der Waals surface area contributed by atoms with Crippen molar-refractivity contribution >= 4 is 41.5 Å². The highest BCUT2D eigenvalue weighted by Gasteiger charge is 2.11. The van der Waals surface area contributed by atoms with E-state index in [1.165, 1.54) is 0 Å². The SMILES string of the molecule is O=C(C[PH](=S)S)Nc1c[nH]nc1-c1ccccc1. The van der Waals surface area contributed by atoms with Crippen LogP contribution in [0.5, 0.6) is 0 Å². The molecule has 2 aromatic rings. The van der Waals surface area contributed by atoms with E-state index in [0.29, 0.717) is 11.8 Å². The molecule has 7 heteroatoms. The number of carbonyl (C=O) groups excluding carboxylic acids is 1. The Morgan fingerprint density at radius 2 is 2.17 bits per heavy atom. The molecule has 4 nitrogen and oxygen atoms in total. The van der Waals surface area contributed by atoms with Crippen molar-refractivity contribution in [2.75, 3.05) is 11.5 Å². The number of carbonyl (C=O) groups is 1. The molecule has 2 rings (SSSR count). The van der Waals surface area contributed by atoms with Crippen molar-refractivity contribution < 1.29 is 4.79 Å². The zero-order valence-electron chi connectivity index (χ0n) is 9.38. The molecule has 0 saturated heterocycles. The number of benzene rings is 1. The van der Waals surface area contributed by atoms with E-state index in [-0.39, 0.29) is 5.91 Å². The Hall–Kier alpha value is -1.10. The van der Waals surface area contributed by atoms with Gasteiger partial charge < -0.3 is 5.32 Å². The molecule has 1 amide bonds. The van der Waals surface area contributed by atoms with Crippen molar-refractivity contribution in [3.8, 4) is 11.3 Å². The van der Waals surface area contributed by atoms with Crippen molar-refractivity contribution in [1.29, 1.82) is 0 Å². The fraction of sp³-hybridized carbons (Fsp3) is 0.0909. The van der Waals surface area contributed by atoms with Crippen molar-refractivity contribution in [2.24, 2.45) is 0 Å². The van der Waals surface area contributed by atoms with Crippen molar-refractivity contribution in [3.63, 3.8) is 0 Å². The fourth-order valence-corrected chi connectivity index (χ4v) is 2.72. The summed E-state index contributed by atoms with van der Waals surface area (Å²) in [6, 6.07) is 9.65. The van der Waals surface area contributed by atoms with E-state index < -0.39 is 5.90 Å². The van der Waals surface area contributed by atoms with Gasteiger partial charge in [0.25, 0.3) is 0 Å². The van der Waals surface area contributed by atoms with Gasteiger partial charge in [0.05, 0.1) is 11.8 Å². The quantitative estimate of drug-likeness (QED) is 0.600. The van der Waals surface area contributed by atoms with Crippen LogP contribution in [0.25, 0.3) is 11.3 Å².